The van der Waals surface area contributed by atoms with E-state index >= 15 is 0 Å². The number of hydrogen-bond acceptors (Lipinski definition) is 2. The Bertz CT molecular complexity index is 321. The second kappa shape index (κ2) is 3.65. The van der Waals surface area contributed by atoms with Gasteiger partial charge in [0.2, 0.25) is 0 Å². The summed E-state index contributed by atoms with van der Waals surface area (Å²) in [5.74, 6) is 0. The predicted octanol–water partition coefficient (Wildman–Crippen LogP) is 3.88. The second-order valence-electron chi connectivity index (χ2n) is 4.93. The molecule has 1 heterocycles. The maximum absolute atomic E-state index is 4.64. The highest BCUT2D eigenvalue weighted by Crippen LogP contribution is 2.41. The van der Waals surface area contributed by atoms with Crippen molar-refractivity contribution in [3.05, 3.63) is 15.6 Å². The molecule has 0 N–H and O–H groups in total. The fraction of sp³-hybridized carbons (Fsp3) is 0.750. The van der Waals surface area contributed by atoms with Gasteiger partial charge in [-0.1, -0.05) is 19.8 Å². The van der Waals surface area contributed by atoms with Crippen LogP contribution in [0.5, 0.6) is 0 Å². The van der Waals surface area contributed by atoms with E-state index in [-0.39, 0.29) is 0 Å². The quantitative estimate of drug-likeness (QED) is 0.720. The molecule has 0 spiro atoms. The minimum absolute atomic E-state index is 0.547. The van der Waals surface area contributed by atoms with Gasteiger partial charge >= 0.3 is 0 Å². The summed E-state index contributed by atoms with van der Waals surface area (Å²) in [6.45, 7) is 6.74. The average molecular weight is 209 g/mol. The summed E-state index contributed by atoms with van der Waals surface area (Å²) in [6.07, 6.45) is 6.81. The molecule has 1 aromatic rings. The molecule has 1 aromatic heterocycles. The molecular formula is C12H19NS. The van der Waals surface area contributed by atoms with Crippen LogP contribution in [-0.4, -0.2) is 4.98 Å². The van der Waals surface area contributed by atoms with E-state index < -0.39 is 0 Å². The molecule has 1 fully saturated rings. The molecule has 1 saturated carbocycles. The molecule has 0 aromatic carbocycles. The Labute approximate surface area is 90.6 Å². The summed E-state index contributed by atoms with van der Waals surface area (Å²) in [5, 5.41) is 1.22. The van der Waals surface area contributed by atoms with Crippen LogP contribution in [0.3, 0.4) is 0 Å². The molecule has 0 radical (unpaired) electrons. The standard InChI is InChI=1S/C12H19NS/c1-9-11(13-10(2)14-9)8-12(3)6-4-5-7-12/h4-8H2,1-3H3. The molecule has 0 unspecified atom stereocenters. The van der Waals surface area contributed by atoms with Crippen molar-refractivity contribution in [1.29, 1.82) is 0 Å². The fourth-order valence-corrected chi connectivity index (χ4v) is 3.38. The Morgan fingerprint density at radius 1 is 1.29 bits per heavy atom. The molecule has 1 nitrogen and oxygen atoms in total. The van der Waals surface area contributed by atoms with Crippen molar-refractivity contribution in [2.75, 3.05) is 0 Å². The molecule has 0 bridgehead atoms. The molecule has 1 aliphatic rings. The Balaban J connectivity index is 2.13. The zero-order valence-corrected chi connectivity index (χ0v) is 10.2. The van der Waals surface area contributed by atoms with E-state index in [2.05, 4.69) is 25.8 Å². The summed E-state index contributed by atoms with van der Waals surface area (Å²) in [5.41, 5.74) is 1.91. The van der Waals surface area contributed by atoms with Gasteiger partial charge in [0.1, 0.15) is 0 Å². The number of thiazole rings is 1. The highest BCUT2D eigenvalue weighted by atomic mass is 32.1. The number of aromatic nitrogens is 1. The van der Waals surface area contributed by atoms with Gasteiger partial charge < -0.3 is 0 Å². The number of rotatable bonds is 2. The van der Waals surface area contributed by atoms with Crippen molar-refractivity contribution >= 4 is 11.3 Å². The zero-order chi connectivity index (χ0) is 10.2. The van der Waals surface area contributed by atoms with Crippen LogP contribution in [0.25, 0.3) is 0 Å². The highest BCUT2D eigenvalue weighted by Gasteiger charge is 2.30. The van der Waals surface area contributed by atoms with Crippen molar-refractivity contribution in [1.82, 2.24) is 4.98 Å². The summed E-state index contributed by atoms with van der Waals surface area (Å²) >= 11 is 1.84. The van der Waals surface area contributed by atoms with Gasteiger partial charge in [-0.25, -0.2) is 4.98 Å². The highest BCUT2D eigenvalue weighted by molar-refractivity contribution is 7.11. The Morgan fingerprint density at radius 3 is 2.43 bits per heavy atom. The van der Waals surface area contributed by atoms with Crippen LogP contribution in [-0.2, 0) is 6.42 Å². The van der Waals surface area contributed by atoms with Crippen LogP contribution in [0.15, 0.2) is 0 Å². The summed E-state index contributed by atoms with van der Waals surface area (Å²) in [4.78, 5) is 6.06. The third-order valence-corrected chi connectivity index (χ3v) is 4.33. The van der Waals surface area contributed by atoms with Crippen molar-refractivity contribution < 1.29 is 0 Å². The SMILES string of the molecule is Cc1nc(CC2(C)CCCC2)c(C)s1. The van der Waals surface area contributed by atoms with Gasteiger partial charge in [0, 0.05) is 4.88 Å². The van der Waals surface area contributed by atoms with E-state index in [4.69, 9.17) is 0 Å². The number of aryl methyl sites for hydroxylation is 2. The molecule has 0 aliphatic heterocycles. The van der Waals surface area contributed by atoms with Gasteiger partial charge in [-0.15, -0.1) is 11.3 Å². The lowest BCUT2D eigenvalue weighted by Gasteiger charge is -2.22. The van der Waals surface area contributed by atoms with Gasteiger partial charge in [0.25, 0.3) is 0 Å². The van der Waals surface area contributed by atoms with Gasteiger partial charge in [0.15, 0.2) is 0 Å². The summed E-state index contributed by atoms with van der Waals surface area (Å²) < 4.78 is 0. The van der Waals surface area contributed by atoms with E-state index in [1.165, 1.54) is 47.7 Å². The maximum Gasteiger partial charge on any atom is 0.0900 e. The van der Waals surface area contributed by atoms with Gasteiger partial charge in [-0.2, -0.15) is 0 Å². The van der Waals surface area contributed by atoms with E-state index in [9.17, 15) is 0 Å². The third-order valence-electron chi connectivity index (χ3n) is 3.40. The second-order valence-corrected chi connectivity index (χ2v) is 6.34. The van der Waals surface area contributed by atoms with E-state index in [1.54, 1.807) is 0 Å². The smallest absolute Gasteiger partial charge is 0.0900 e. The van der Waals surface area contributed by atoms with Crippen LogP contribution in [0.2, 0.25) is 0 Å². The lowest BCUT2D eigenvalue weighted by molar-refractivity contribution is 0.331. The van der Waals surface area contributed by atoms with Crippen molar-refractivity contribution in [2.45, 2.75) is 52.9 Å². The predicted molar refractivity (Wildman–Crippen MR) is 61.9 cm³/mol. The molecule has 78 valence electrons. The molecular weight excluding hydrogens is 190 g/mol. The van der Waals surface area contributed by atoms with E-state index in [0.717, 1.165) is 0 Å². The fourth-order valence-electron chi connectivity index (χ4n) is 2.55. The monoisotopic (exact) mass is 209 g/mol. The zero-order valence-electron chi connectivity index (χ0n) is 9.39. The molecule has 1 aliphatic carbocycles. The topological polar surface area (TPSA) is 12.9 Å². The lowest BCUT2D eigenvalue weighted by Crippen LogP contribution is -2.15. The number of hydrogen-bond donors (Lipinski definition) is 0. The van der Waals surface area contributed by atoms with E-state index in [1.807, 2.05) is 11.3 Å². The average Bonchev–Trinajstić information content (AvgIpc) is 2.61. The minimum Gasteiger partial charge on any atom is -0.246 e. The Morgan fingerprint density at radius 2 is 1.93 bits per heavy atom. The van der Waals surface area contributed by atoms with Gasteiger partial charge in [-0.05, 0) is 38.5 Å². The molecule has 0 saturated heterocycles. The molecule has 0 amide bonds. The van der Waals surface area contributed by atoms with Gasteiger partial charge in [0.05, 0.1) is 10.7 Å². The van der Waals surface area contributed by atoms with Crippen LogP contribution in [0, 0.1) is 19.3 Å². The molecule has 14 heavy (non-hydrogen) atoms. The summed E-state index contributed by atoms with van der Waals surface area (Å²) in [7, 11) is 0. The first-order valence-corrected chi connectivity index (χ1v) is 6.34. The Kier molecular flexibility index (Phi) is 2.65. The van der Waals surface area contributed by atoms with Gasteiger partial charge in [-0.3, -0.25) is 0 Å². The van der Waals surface area contributed by atoms with Crippen molar-refractivity contribution in [2.24, 2.45) is 5.41 Å². The lowest BCUT2D eigenvalue weighted by atomic mass is 9.84. The normalized spacial score (nSPS) is 20.2. The van der Waals surface area contributed by atoms with Crippen LogP contribution >= 0.6 is 11.3 Å². The van der Waals surface area contributed by atoms with Crippen molar-refractivity contribution in [3.63, 3.8) is 0 Å². The minimum atomic E-state index is 0.547. The molecule has 0 atom stereocenters. The molecule has 2 heteroatoms. The van der Waals surface area contributed by atoms with Crippen molar-refractivity contribution in [3.8, 4) is 0 Å². The van der Waals surface area contributed by atoms with Crippen LogP contribution in [0.1, 0.15) is 48.2 Å². The molecule has 2 rings (SSSR count). The maximum atomic E-state index is 4.64. The Hall–Kier alpha value is -0.370. The van der Waals surface area contributed by atoms with Crippen LogP contribution < -0.4 is 0 Å². The summed E-state index contributed by atoms with van der Waals surface area (Å²) in [6, 6.07) is 0. The van der Waals surface area contributed by atoms with E-state index in [0.29, 0.717) is 5.41 Å². The third kappa shape index (κ3) is 2.00. The first-order chi connectivity index (χ1) is 6.59. The first-order valence-electron chi connectivity index (χ1n) is 5.52. The largest absolute Gasteiger partial charge is 0.246 e. The van der Waals surface area contributed by atoms with Crippen LogP contribution in [0.4, 0.5) is 0 Å². The first kappa shape index (κ1) is 10.2. The number of nitrogens with zero attached hydrogens (tertiary/aromatic N) is 1.